The first-order valence-corrected chi connectivity index (χ1v) is 9.81. The molecular formula is C21H30FN5O. The van der Waals surface area contributed by atoms with Crippen molar-refractivity contribution in [3.8, 4) is 0 Å². The Kier molecular flexibility index (Phi) is 5.48. The highest BCUT2D eigenvalue weighted by Crippen LogP contribution is 2.44. The first-order valence-electron chi connectivity index (χ1n) is 9.81. The minimum absolute atomic E-state index is 0.108. The summed E-state index contributed by atoms with van der Waals surface area (Å²) < 4.78 is 13.9. The van der Waals surface area contributed by atoms with E-state index in [1.54, 1.807) is 6.92 Å². The lowest BCUT2D eigenvalue weighted by atomic mass is 9.72. The van der Waals surface area contributed by atoms with Crippen LogP contribution in [0.1, 0.15) is 50.9 Å². The van der Waals surface area contributed by atoms with E-state index in [2.05, 4.69) is 36.3 Å². The number of primary amides is 1. The van der Waals surface area contributed by atoms with Crippen molar-refractivity contribution < 1.29 is 9.18 Å². The van der Waals surface area contributed by atoms with E-state index in [4.69, 9.17) is 11.1 Å². The highest BCUT2D eigenvalue weighted by atomic mass is 19.1. The van der Waals surface area contributed by atoms with Gasteiger partial charge in [0.25, 0.3) is 5.91 Å². The number of piperidine rings is 1. The molecule has 0 atom stereocenters. The second-order valence-electron chi connectivity index (χ2n) is 8.62. The van der Waals surface area contributed by atoms with Crippen LogP contribution >= 0.6 is 0 Å². The number of halogens is 1. The zero-order chi connectivity index (χ0) is 20.6. The summed E-state index contributed by atoms with van der Waals surface area (Å²) in [6.07, 6.45) is 1.87. The van der Waals surface area contributed by atoms with E-state index in [-0.39, 0.29) is 11.0 Å². The Bertz CT molecular complexity index is 837. The predicted octanol–water partition coefficient (Wildman–Crippen LogP) is 3.77. The molecule has 1 fully saturated rings. The number of likely N-dealkylation sites (tertiary alicyclic amines) is 1. The average molecular weight is 388 g/mol. The van der Waals surface area contributed by atoms with Gasteiger partial charge in [-0.2, -0.15) is 0 Å². The third-order valence-corrected chi connectivity index (χ3v) is 5.69. The van der Waals surface area contributed by atoms with Gasteiger partial charge < -0.3 is 26.7 Å². The van der Waals surface area contributed by atoms with E-state index in [0.717, 1.165) is 44.1 Å². The van der Waals surface area contributed by atoms with Gasteiger partial charge >= 0.3 is 0 Å². The maximum atomic E-state index is 13.9. The van der Waals surface area contributed by atoms with Crippen molar-refractivity contribution in [1.82, 2.24) is 4.90 Å². The molecule has 28 heavy (non-hydrogen) atoms. The lowest BCUT2D eigenvalue weighted by molar-refractivity contribution is 0.100. The van der Waals surface area contributed by atoms with Gasteiger partial charge in [0.1, 0.15) is 11.6 Å². The van der Waals surface area contributed by atoms with E-state index in [1.807, 2.05) is 0 Å². The fraction of sp³-hybridized carbons (Fsp3) is 0.524. The molecule has 1 amide bonds. The number of allylic oxidation sites excluding steroid dienone is 1. The van der Waals surface area contributed by atoms with Crippen molar-refractivity contribution in [1.29, 1.82) is 5.41 Å². The molecule has 1 aromatic rings. The van der Waals surface area contributed by atoms with Crippen LogP contribution in [-0.2, 0) is 0 Å². The second kappa shape index (κ2) is 7.54. The predicted molar refractivity (Wildman–Crippen MR) is 111 cm³/mol. The molecule has 2 heterocycles. The monoisotopic (exact) mass is 387 g/mol. The molecule has 3 rings (SSSR count). The van der Waals surface area contributed by atoms with E-state index in [0.29, 0.717) is 28.8 Å². The summed E-state index contributed by atoms with van der Waals surface area (Å²) in [5.41, 5.74) is 7.64. The molecule has 0 bridgehead atoms. The number of nitrogens with one attached hydrogen (secondary N) is 3. The molecule has 0 unspecified atom stereocenters. The Morgan fingerprint density at radius 1 is 1.32 bits per heavy atom. The topological polar surface area (TPSA) is 94.2 Å². The SMILES string of the molecule is CC(=N)/C(=C1/Nc2cc(F)cc(C(N)=O)c2N1)C1(C)CCN(CC(C)C)CC1. The Morgan fingerprint density at radius 2 is 1.96 bits per heavy atom. The molecule has 152 valence electrons. The van der Waals surface area contributed by atoms with Gasteiger partial charge in [-0.1, -0.05) is 20.8 Å². The van der Waals surface area contributed by atoms with Crippen LogP contribution in [0.2, 0.25) is 0 Å². The van der Waals surface area contributed by atoms with Crippen LogP contribution in [0.15, 0.2) is 23.5 Å². The number of carbonyl (C=O) groups is 1. The molecule has 5 N–H and O–H groups in total. The number of anilines is 2. The summed E-state index contributed by atoms with van der Waals surface area (Å²) in [4.78, 5) is 14.2. The van der Waals surface area contributed by atoms with Gasteiger partial charge in [0, 0.05) is 23.2 Å². The van der Waals surface area contributed by atoms with E-state index in [1.165, 1.54) is 6.07 Å². The maximum Gasteiger partial charge on any atom is 0.250 e. The summed E-state index contributed by atoms with van der Waals surface area (Å²) in [5, 5.41) is 14.8. The third-order valence-electron chi connectivity index (χ3n) is 5.69. The number of nitrogens with two attached hydrogens (primary N) is 1. The molecule has 6 nitrogen and oxygen atoms in total. The molecule has 0 radical (unpaired) electrons. The van der Waals surface area contributed by atoms with Crippen molar-refractivity contribution in [2.45, 2.75) is 40.5 Å². The highest BCUT2D eigenvalue weighted by molar-refractivity contribution is 6.05. The average Bonchev–Trinajstić information content (AvgIpc) is 2.98. The number of fused-ring (bicyclic) bond motifs is 1. The molecule has 0 aromatic heterocycles. The fourth-order valence-electron chi connectivity index (χ4n) is 4.39. The van der Waals surface area contributed by atoms with Crippen LogP contribution in [0.5, 0.6) is 0 Å². The lowest BCUT2D eigenvalue weighted by Gasteiger charge is -2.42. The molecule has 2 aliphatic heterocycles. The van der Waals surface area contributed by atoms with Crippen LogP contribution in [0.25, 0.3) is 0 Å². The maximum absolute atomic E-state index is 13.9. The molecule has 1 saturated heterocycles. The quantitative estimate of drug-likeness (QED) is 0.579. The van der Waals surface area contributed by atoms with E-state index in [9.17, 15) is 9.18 Å². The number of hydrogen-bond acceptors (Lipinski definition) is 5. The zero-order valence-electron chi connectivity index (χ0n) is 17.1. The molecule has 0 spiro atoms. The van der Waals surface area contributed by atoms with Gasteiger partial charge in [0.2, 0.25) is 0 Å². The van der Waals surface area contributed by atoms with E-state index >= 15 is 0 Å². The number of nitrogens with zero attached hydrogens (tertiary/aromatic N) is 1. The fourth-order valence-corrected chi connectivity index (χ4v) is 4.39. The van der Waals surface area contributed by atoms with Crippen molar-refractivity contribution in [2.24, 2.45) is 17.1 Å². The number of hydrogen-bond donors (Lipinski definition) is 4. The minimum atomic E-state index is -0.687. The van der Waals surface area contributed by atoms with Crippen LogP contribution in [-0.4, -0.2) is 36.2 Å². The van der Waals surface area contributed by atoms with E-state index < -0.39 is 11.7 Å². The second-order valence-corrected chi connectivity index (χ2v) is 8.62. The van der Waals surface area contributed by atoms with Crippen molar-refractivity contribution in [2.75, 3.05) is 30.3 Å². The van der Waals surface area contributed by atoms with Gasteiger partial charge in [-0.3, -0.25) is 4.79 Å². The van der Waals surface area contributed by atoms with Gasteiger partial charge in [-0.25, -0.2) is 4.39 Å². The van der Waals surface area contributed by atoms with Gasteiger partial charge in [0.15, 0.2) is 0 Å². The molecule has 1 aromatic carbocycles. The molecule has 0 aliphatic carbocycles. The largest absolute Gasteiger partial charge is 0.366 e. The summed E-state index contributed by atoms with van der Waals surface area (Å²) in [5.74, 6) is 0.0638. The number of benzene rings is 1. The zero-order valence-corrected chi connectivity index (χ0v) is 17.1. The molecular weight excluding hydrogens is 357 g/mol. The van der Waals surface area contributed by atoms with Crippen LogP contribution in [0.3, 0.4) is 0 Å². The summed E-state index contributed by atoms with van der Waals surface area (Å²) in [7, 11) is 0. The number of carbonyl (C=O) groups excluding carboxylic acids is 1. The summed E-state index contributed by atoms with van der Waals surface area (Å²) in [6.45, 7) is 11.4. The third kappa shape index (κ3) is 3.90. The molecule has 0 saturated carbocycles. The molecule has 2 aliphatic rings. The Hall–Kier alpha value is -2.41. The van der Waals surface area contributed by atoms with Gasteiger partial charge in [-0.15, -0.1) is 0 Å². The smallest absolute Gasteiger partial charge is 0.250 e. The Labute approximate surface area is 165 Å². The number of amides is 1. The first kappa shape index (κ1) is 20.3. The Balaban J connectivity index is 1.93. The highest BCUT2D eigenvalue weighted by Gasteiger charge is 2.38. The normalized spacial score (nSPS) is 20.4. The summed E-state index contributed by atoms with van der Waals surface area (Å²) >= 11 is 0. The minimum Gasteiger partial charge on any atom is -0.366 e. The number of rotatable bonds is 5. The van der Waals surface area contributed by atoms with Crippen molar-refractivity contribution in [3.63, 3.8) is 0 Å². The van der Waals surface area contributed by atoms with Crippen LogP contribution in [0, 0.1) is 22.6 Å². The lowest BCUT2D eigenvalue weighted by Crippen LogP contribution is -2.42. The van der Waals surface area contributed by atoms with Gasteiger partial charge in [-0.05, 0) is 50.9 Å². The van der Waals surface area contributed by atoms with Crippen molar-refractivity contribution >= 4 is 23.0 Å². The standard InChI is InChI=1S/C21H30FN5O/c1-12(2)11-27-7-5-21(4,6-8-27)17(13(3)23)20-25-16-10-14(22)9-15(19(24)28)18(16)26-20/h9-10,12,23,25-26H,5-8,11H2,1-4H3,(H2,24,28)/b20-17+,23-13?. The first-order chi connectivity index (χ1) is 13.1. The molecule has 7 heteroatoms. The summed E-state index contributed by atoms with van der Waals surface area (Å²) in [6, 6.07) is 2.48. The van der Waals surface area contributed by atoms with Crippen LogP contribution < -0.4 is 16.4 Å². The van der Waals surface area contributed by atoms with Gasteiger partial charge in [0.05, 0.1) is 16.9 Å². The van der Waals surface area contributed by atoms with Crippen molar-refractivity contribution in [3.05, 3.63) is 34.9 Å². The Morgan fingerprint density at radius 3 is 2.50 bits per heavy atom. The van der Waals surface area contributed by atoms with Crippen LogP contribution in [0.4, 0.5) is 15.8 Å².